The summed E-state index contributed by atoms with van der Waals surface area (Å²) >= 11 is 0. The van der Waals surface area contributed by atoms with Crippen LogP contribution in [-0.4, -0.2) is 16.2 Å². The van der Waals surface area contributed by atoms with E-state index in [1.54, 1.807) is 6.21 Å². The third-order valence-electron chi connectivity index (χ3n) is 2.31. The van der Waals surface area contributed by atoms with E-state index in [4.69, 9.17) is 0 Å². The SMILES string of the molecule is C[C-]1C=Cc2ncc(C(C)C)nc2C=N1.[Li+].[SH-]. The topological polar surface area (TPSA) is 38.1 Å². The van der Waals surface area contributed by atoms with Crippen LogP contribution < -0.4 is 18.9 Å². The Kier molecular flexibility index (Phi) is 6.62. The number of hydrogen-bond acceptors (Lipinski definition) is 4. The van der Waals surface area contributed by atoms with Crippen molar-refractivity contribution in [2.45, 2.75) is 26.7 Å². The summed E-state index contributed by atoms with van der Waals surface area (Å²) in [4.78, 5) is 13.2. The normalized spacial score (nSPS) is 12.6. The first-order chi connectivity index (χ1) is 7.16. The van der Waals surface area contributed by atoms with Gasteiger partial charge >= 0.3 is 18.9 Å². The van der Waals surface area contributed by atoms with Crippen LogP contribution in [0.2, 0.25) is 0 Å². The number of thiol groups is 1. The van der Waals surface area contributed by atoms with Crippen LogP contribution in [0.15, 0.2) is 17.3 Å². The molecule has 1 aromatic rings. The molecule has 0 spiro atoms. The van der Waals surface area contributed by atoms with Gasteiger partial charge < -0.3 is 18.5 Å². The monoisotopic (exact) mass is 240 g/mol. The molecule has 0 unspecified atom stereocenters. The number of aromatic nitrogens is 2. The molecule has 2 heterocycles. The quantitative estimate of drug-likeness (QED) is 0.283. The molecule has 0 saturated heterocycles. The zero-order chi connectivity index (χ0) is 10.8. The van der Waals surface area contributed by atoms with Gasteiger partial charge in [0.2, 0.25) is 0 Å². The molecule has 17 heavy (non-hydrogen) atoms. The van der Waals surface area contributed by atoms with Crippen LogP contribution in [0, 0.1) is 6.04 Å². The van der Waals surface area contributed by atoms with E-state index < -0.39 is 0 Å². The summed E-state index contributed by atoms with van der Waals surface area (Å²) in [5.74, 6) is 0.397. The molecule has 86 valence electrons. The van der Waals surface area contributed by atoms with Crippen molar-refractivity contribution < 1.29 is 18.9 Å². The fourth-order valence-electron chi connectivity index (χ4n) is 1.33. The third kappa shape index (κ3) is 3.92. The van der Waals surface area contributed by atoms with Gasteiger partial charge in [-0.1, -0.05) is 26.8 Å². The van der Waals surface area contributed by atoms with E-state index in [0.717, 1.165) is 23.1 Å². The second kappa shape index (κ2) is 6.90. The molecule has 0 saturated carbocycles. The largest absolute Gasteiger partial charge is 1.00 e. The molecule has 0 amide bonds. The zero-order valence-corrected chi connectivity index (χ0v) is 11.6. The number of nitrogens with zero attached hydrogens (tertiary/aromatic N) is 3. The van der Waals surface area contributed by atoms with Crippen molar-refractivity contribution in [3.63, 3.8) is 0 Å². The summed E-state index contributed by atoms with van der Waals surface area (Å²) in [6.45, 7) is 6.18. The Morgan fingerprint density at radius 1 is 1.24 bits per heavy atom. The van der Waals surface area contributed by atoms with Gasteiger partial charge in [-0.3, -0.25) is 9.97 Å². The fourth-order valence-corrected chi connectivity index (χ4v) is 1.33. The molecule has 0 atom stereocenters. The van der Waals surface area contributed by atoms with Crippen LogP contribution in [0.5, 0.6) is 0 Å². The average molecular weight is 240 g/mol. The first kappa shape index (κ1) is 16.3. The van der Waals surface area contributed by atoms with E-state index in [1.807, 2.05) is 25.3 Å². The Hall–Kier alpha value is -0.693. The predicted octanol–water partition coefficient (Wildman–Crippen LogP) is -0.669. The summed E-state index contributed by atoms with van der Waals surface area (Å²) < 4.78 is 0. The van der Waals surface area contributed by atoms with E-state index in [0.29, 0.717) is 5.92 Å². The van der Waals surface area contributed by atoms with E-state index in [9.17, 15) is 0 Å². The third-order valence-corrected chi connectivity index (χ3v) is 2.31. The van der Waals surface area contributed by atoms with Gasteiger partial charge in [0.15, 0.2) is 0 Å². The van der Waals surface area contributed by atoms with Crippen LogP contribution in [0.3, 0.4) is 0 Å². The molecule has 3 nitrogen and oxygen atoms in total. The van der Waals surface area contributed by atoms with Crippen LogP contribution >= 0.6 is 0 Å². The maximum atomic E-state index is 4.53. The van der Waals surface area contributed by atoms with Gasteiger partial charge in [-0.2, -0.15) is 0 Å². The van der Waals surface area contributed by atoms with Crippen molar-refractivity contribution >= 4 is 25.8 Å². The molecule has 1 aromatic heterocycles. The molecule has 2 rings (SSSR count). The number of hydrogen-bond donors (Lipinski definition) is 0. The van der Waals surface area contributed by atoms with Gasteiger partial charge in [-0.05, 0) is 12.1 Å². The molecular formula is C12H15LiN3S-. The van der Waals surface area contributed by atoms with Crippen molar-refractivity contribution in [2.24, 2.45) is 4.99 Å². The van der Waals surface area contributed by atoms with Crippen LogP contribution in [0.1, 0.15) is 43.8 Å². The standard InChI is InChI=1S/C12H14N3.Li.H2S/c1-8(2)11-6-14-10-5-4-9(3)13-7-12(10)15-11;;/h4-8H,1-3H3;;1H2/q-1;+1;/p-1. The zero-order valence-electron chi connectivity index (χ0n) is 10.7. The van der Waals surface area contributed by atoms with E-state index >= 15 is 0 Å². The van der Waals surface area contributed by atoms with Gasteiger partial charge in [0, 0.05) is 17.6 Å². The minimum absolute atomic E-state index is 0. The molecule has 0 aromatic carbocycles. The summed E-state index contributed by atoms with van der Waals surface area (Å²) in [7, 11) is 0. The molecule has 0 bridgehead atoms. The van der Waals surface area contributed by atoms with Crippen LogP contribution in [0.25, 0.3) is 6.08 Å². The maximum absolute atomic E-state index is 4.53. The molecule has 1 aliphatic heterocycles. The van der Waals surface area contributed by atoms with E-state index in [1.165, 1.54) is 0 Å². The molecular weight excluding hydrogens is 225 g/mol. The number of aliphatic imine (C=N–C) groups is 1. The Balaban J connectivity index is 0.00000128. The van der Waals surface area contributed by atoms with Crippen molar-refractivity contribution in [1.82, 2.24) is 9.97 Å². The fraction of sp³-hybridized carbons (Fsp3) is 0.333. The maximum Gasteiger partial charge on any atom is 1.00 e. The van der Waals surface area contributed by atoms with Gasteiger partial charge in [0.05, 0.1) is 5.69 Å². The average Bonchev–Trinajstić information content (AvgIpc) is 2.40. The molecule has 0 N–H and O–H groups in total. The van der Waals surface area contributed by atoms with Crippen molar-refractivity contribution in [3.8, 4) is 0 Å². The van der Waals surface area contributed by atoms with Crippen LogP contribution in [0.4, 0.5) is 0 Å². The van der Waals surface area contributed by atoms with Crippen LogP contribution in [-0.2, 0) is 13.5 Å². The molecule has 0 radical (unpaired) electrons. The second-order valence-corrected chi connectivity index (χ2v) is 3.95. The van der Waals surface area contributed by atoms with E-state index in [2.05, 4.69) is 28.8 Å². The summed E-state index contributed by atoms with van der Waals surface area (Å²) in [5.41, 5.74) is 2.75. The molecule has 0 aliphatic carbocycles. The van der Waals surface area contributed by atoms with Gasteiger partial charge in [-0.15, -0.1) is 12.2 Å². The molecule has 1 aliphatic rings. The minimum Gasteiger partial charge on any atom is -0.813 e. The first-order valence-corrected chi connectivity index (χ1v) is 5.09. The van der Waals surface area contributed by atoms with Crippen molar-refractivity contribution in [1.29, 1.82) is 0 Å². The van der Waals surface area contributed by atoms with Crippen molar-refractivity contribution in [3.05, 3.63) is 35.4 Å². The molecule has 5 heteroatoms. The van der Waals surface area contributed by atoms with Gasteiger partial charge in [0.25, 0.3) is 0 Å². The smallest absolute Gasteiger partial charge is 0.813 e. The Morgan fingerprint density at radius 2 is 1.94 bits per heavy atom. The Bertz CT molecular complexity index is 430. The second-order valence-electron chi connectivity index (χ2n) is 3.95. The molecule has 0 fully saturated rings. The summed E-state index contributed by atoms with van der Waals surface area (Å²) in [6, 6.07) is 0.973. The Morgan fingerprint density at radius 3 is 2.59 bits per heavy atom. The van der Waals surface area contributed by atoms with Crippen molar-refractivity contribution in [2.75, 3.05) is 0 Å². The summed E-state index contributed by atoms with van der Waals surface area (Å²) in [6.07, 6.45) is 7.52. The number of fused-ring (bicyclic) bond motifs is 1. The first-order valence-electron chi connectivity index (χ1n) is 5.09. The number of rotatable bonds is 1. The van der Waals surface area contributed by atoms with E-state index in [-0.39, 0.29) is 32.4 Å². The van der Waals surface area contributed by atoms with Gasteiger partial charge in [-0.25, -0.2) is 0 Å². The summed E-state index contributed by atoms with van der Waals surface area (Å²) in [5, 5.41) is 0. The van der Waals surface area contributed by atoms with Gasteiger partial charge in [0.1, 0.15) is 0 Å². The Labute approximate surface area is 121 Å². The minimum atomic E-state index is 0. The predicted molar refractivity (Wildman–Crippen MR) is 70.4 cm³/mol.